The number of hydrogen-bond donors (Lipinski definition) is 2. The zero-order valence-corrected chi connectivity index (χ0v) is 14.0. The van der Waals surface area contributed by atoms with Gasteiger partial charge in [-0.2, -0.15) is 0 Å². The molecule has 3 rings (SSSR count). The molecular formula is C18H12F3N3O4. The summed E-state index contributed by atoms with van der Waals surface area (Å²) in [7, 11) is 0. The van der Waals surface area contributed by atoms with Crippen LogP contribution in [0.3, 0.4) is 0 Å². The molecule has 0 aliphatic heterocycles. The molecule has 0 saturated heterocycles. The largest absolute Gasteiger partial charge is 0.573 e. The van der Waals surface area contributed by atoms with Crippen molar-refractivity contribution in [3.8, 4) is 5.75 Å². The number of amides is 1. The number of ketones is 1. The second kappa shape index (κ2) is 7.43. The van der Waals surface area contributed by atoms with E-state index in [1.165, 1.54) is 12.1 Å². The highest BCUT2D eigenvalue weighted by atomic mass is 19.4. The third-order valence-electron chi connectivity index (χ3n) is 3.53. The number of anilines is 2. The van der Waals surface area contributed by atoms with Crippen LogP contribution in [0, 0.1) is 0 Å². The summed E-state index contributed by atoms with van der Waals surface area (Å²) >= 11 is 0. The lowest BCUT2D eigenvalue weighted by Crippen LogP contribution is -2.17. The lowest BCUT2D eigenvalue weighted by molar-refractivity contribution is -0.274. The summed E-state index contributed by atoms with van der Waals surface area (Å²) in [6.45, 7) is 0. The molecule has 0 spiro atoms. The molecule has 0 bridgehead atoms. The smallest absolute Gasteiger partial charge is 0.406 e. The van der Waals surface area contributed by atoms with Gasteiger partial charge in [0.2, 0.25) is 11.5 Å². The molecule has 0 aliphatic carbocycles. The van der Waals surface area contributed by atoms with Crippen molar-refractivity contribution in [3.05, 3.63) is 71.6 Å². The summed E-state index contributed by atoms with van der Waals surface area (Å²) in [6.07, 6.45) is -4.82. The number of carbonyl (C=O) groups excluding carboxylic acids is 2. The topological polar surface area (TPSA) is 107 Å². The minimum Gasteiger partial charge on any atom is -0.406 e. The Labute approximate surface area is 155 Å². The summed E-state index contributed by atoms with van der Waals surface area (Å²) in [4.78, 5) is 24.6. The van der Waals surface area contributed by atoms with Gasteiger partial charge in [0.1, 0.15) is 11.4 Å². The lowest BCUT2D eigenvalue weighted by atomic mass is 10.1. The first kappa shape index (κ1) is 19.0. The maximum atomic E-state index is 12.4. The minimum atomic E-state index is -4.82. The zero-order valence-electron chi connectivity index (χ0n) is 14.0. The number of nitrogen functional groups attached to an aromatic ring is 1. The van der Waals surface area contributed by atoms with E-state index < -0.39 is 23.8 Å². The molecule has 0 unspecified atom stereocenters. The number of nitrogens with zero attached hydrogens (tertiary/aromatic N) is 1. The van der Waals surface area contributed by atoms with Gasteiger partial charge < -0.3 is 20.3 Å². The van der Waals surface area contributed by atoms with Gasteiger partial charge in [-0.25, -0.2) is 0 Å². The average Bonchev–Trinajstić information content (AvgIpc) is 3.04. The molecule has 1 amide bonds. The Balaban J connectivity index is 1.73. The SMILES string of the molecule is Nc1c(C(=O)Nc2ccc(OC(F)(F)F)cc2)noc1C(=O)c1ccccc1. The number of halogens is 3. The van der Waals surface area contributed by atoms with Crippen LogP contribution < -0.4 is 15.8 Å². The van der Waals surface area contributed by atoms with Crippen molar-refractivity contribution in [1.82, 2.24) is 5.16 Å². The first-order chi connectivity index (χ1) is 13.2. The van der Waals surface area contributed by atoms with Crippen molar-refractivity contribution in [2.24, 2.45) is 0 Å². The van der Waals surface area contributed by atoms with E-state index in [9.17, 15) is 22.8 Å². The van der Waals surface area contributed by atoms with Gasteiger partial charge in [-0.3, -0.25) is 9.59 Å². The monoisotopic (exact) mass is 391 g/mol. The van der Waals surface area contributed by atoms with Crippen molar-refractivity contribution in [2.45, 2.75) is 6.36 Å². The highest BCUT2D eigenvalue weighted by molar-refractivity contribution is 6.14. The molecule has 0 radical (unpaired) electrons. The van der Waals surface area contributed by atoms with Crippen LogP contribution in [0.4, 0.5) is 24.5 Å². The zero-order chi connectivity index (χ0) is 20.3. The van der Waals surface area contributed by atoms with E-state index in [1.807, 2.05) is 0 Å². The molecule has 1 aromatic heterocycles. The number of hydrogen-bond acceptors (Lipinski definition) is 6. The highest BCUT2D eigenvalue weighted by Crippen LogP contribution is 2.25. The Morgan fingerprint density at radius 2 is 1.68 bits per heavy atom. The molecule has 3 aromatic rings. The van der Waals surface area contributed by atoms with E-state index in [4.69, 9.17) is 10.3 Å². The van der Waals surface area contributed by atoms with E-state index >= 15 is 0 Å². The molecule has 144 valence electrons. The fourth-order valence-corrected chi connectivity index (χ4v) is 2.28. The normalized spacial score (nSPS) is 11.1. The number of nitrogens with two attached hydrogens (primary N) is 1. The van der Waals surface area contributed by atoms with E-state index in [2.05, 4.69) is 15.2 Å². The average molecular weight is 391 g/mol. The number of aromatic nitrogens is 1. The van der Waals surface area contributed by atoms with Crippen LogP contribution in [0.15, 0.2) is 59.1 Å². The first-order valence-electron chi connectivity index (χ1n) is 7.76. The first-order valence-corrected chi connectivity index (χ1v) is 7.76. The standard InChI is InChI=1S/C18H12F3N3O4/c19-18(20,21)27-12-8-6-11(7-9-12)23-17(26)14-13(22)16(28-24-14)15(25)10-4-2-1-3-5-10/h1-9H,22H2,(H,23,26). The molecule has 2 aromatic carbocycles. The summed E-state index contributed by atoms with van der Waals surface area (Å²) in [5.74, 6) is -2.07. The lowest BCUT2D eigenvalue weighted by Gasteiger charge is -2.09. The van der Waals surface area contributed by atoms with Crippen LogP contribution in [0.2, 0.25) is 0 Å². The number of carbonyl (C=O) groups is 2. The van der Waals surface area contributed by atoms with Gasteiger partial charge in [0, 0.05) is 11.3 Å². The van der Waals surface area contributed by atoms with Crippen LogP contribution in [-0.2, 0) is 0 Å². The number of nitrogens with one attached hydrogen (secondary N) is 1. The van der Waals surface area contributed by atoms with Gasteiger partial charge >= 0.3 is 6.36 Å². The molecule has 3 N–H and O–H groups in total. The van der Waals surface area contributed by atoms with Crippen molar-refractivity contribution in [3.63, 3.8) is 0 Å². The second-order valence-corrected chi connectivity index (χ2v) is 5.50. The number of benzene rings is 2. The fourth-order valence-electron chi connectivity index (χ4n) is 2.28. The molecule has 0 aliphatic rings. The van der Waals surface area contributed by atoms with Crippen LogP contribution in [0.25, 0.3) is 0 Å². The van der Waals surface area contributed by atoms with Crippen LogP contribution in [0.1, 0.15) is 26.6 Å². The molecule has 0 saturated carbocycles. The van der Waals surface area contributed by atoms with Crippen LogP contribution in [0.5, 0.6) is 5.75 Å². The van der Waals surface area contributed by atoms with Gasteiger partial charge in [0.25, 0.3) is 5.91 Å². The molecule has 7 nitrogen and oxygen atoms in total. The van der Waals surface area contributed by atoms with Crippen LogP contribution in [-0.4, -0.2) is 23.2 Å². The summed E-state index contributed by atoms with van der Waals surface area (Å²) in [6, 6.07) is 12.6. The number of ether oxygens (including phenoxy) is 1. The van der Waals surface area contributed by atoms with Crippen molar-refractivity contribution >= 4 is 23.1 Å². The Bertz CT molecular complexity index is 999. The summed E-state index contributed by atoms with van der Waals surface area (Å²) < 4.78 is 45.1. The highest BCUT2D eigenvalue weighted by Gasteiger charge is 2.31. The molecule has 28 heavy (non-hydrogen) atoms. The second-order valence-electron chi connectivity index (χ2n) is 5.50. The maximum Gasteiger partial charge on any atom is 0.573 e. The Kier molecular flexibility index (Phi) is 5.03. The molecule has 0 atom stereocenters. The van der Waals surface area contributed by atoms with Gasteiger partial charge in [0.05, 0.1) is 0 Å². The number of alkyl halides is 3. The quantitative estimate of drug-likeness (QED) is 0.643. The Hall–Kier alpha value is -3.82. The third-order valence-corrected chi connectivity index (χ3v) is 3.53. The summed E-state index contributed by atoms with van der Waals surface area (Å²) in [5, 5.41) is 5.91. The summed E-state index contributed by atoms with van der Waals surface area (Å²) in [5.41, 5.74) is 5.70. The maximum absolute atomic E-state index is 12.4. The van der Waals surface area contributed by atoms with E-state index in [1.54, 1.807) is 30.3 Å². The van der Waals surface area contributed by atoms with Gasteiger partial charge in [-0.1, -0.05) is 35.5 Å². The van der Waals surface area contributed by atoms with Crippen molar-refractivity contribution in [2.75, 3.05) is 11.1 Å². The molecular weight excluding hydrogens is 379 g/mol. The number of rotatable bonds is 5. The molecule has 1 heterocycles. The predicted octanol–water partition coefficient (Wildman–Crippen LogP) is 3.64. The van der Waals surface area contributed by atoms with Gasteiger partial charge in [-0.05, 0) is 24.3 Å². The van der Waals surface area contributed by atoms with Crippen molar-refractivity contribution in [1.29, 1.82) is 0 Å². The van der Waals surface area contributed by atoms with Crippen LogP contribution >= 0.6 is 0 Å². The minimum absolute atomic E-state index is 0.165. The van der Waals surface area contributed by atoms with Gasteiger partial charge in [0.15, 0.2) is 5.69 Å². The molecule has 10 heteroatoms. The van der Waals surface area contributed by atoms with Gasteiger partial charge in [-0.15, -0.1) is 13.2 Å². The molecule has 0 fully saturated rings. The van der Waals surface area contributed by atoms with Crippen molar-refractivity contribution < 1.29 is 32.0 Å². The Morgan fingerprint density at radius 3 is 2.29 bits per heavy atom. The van der Waals surface area contributed by atoms with E-state index in [0.717, 1.165) is 12.1 Å². The van der Waals surface area contributed by atoms with E-state index in [-0.39, 0.29) is 22.8 Å². The van der Waals surface area contributed by atoms with E-state index in [0.29, 0.717) is 5.56 Å². The fraction of sp³-hybridized carbons (Fsp3) is 0.0556. The predicted molar refractivity (Wildman–Crippen MR) is 91.9 cm³/mol. The third kappa shape index (κ3) is 4.29. The Morgan fingerprint density at radius 1 is 1.04 bits per heavy atom.